The van der Waals surface area contributed by atoms with E-state index >= 15 is 0 Å². The zero-order valence-electron chi connectivity index (χ0n) is 10.5. The first-order valence-electron chi connectivity index (χ1n) is 5.92. The molecule has 0 saturated heterocycles. The number of carbonyl (C=O) groups excluding carboxylic acids is 1. The van der Waals surface area contributed by atoms with Gasteiger partial charge in [-0.1, -0.05) is 12.1 Å². The van der Waals surface area contributed by atoms with Crippen molar-refractivity contribution < 1.29 is 4.79 Å². The quantitative estimate of drug-likeness (QED) is 0.858. The summed E-state index contributed by atoms with van der Waals surface area (Å²) in [6.07, 6.45) is 0.223. The Hall–Kier alpha value is -1.88. The molecule has 0 aliphatic rings. The number of carbonyl (C=O) groups is 1. The highest BCUT2D eigenvalue weighted by Crippen LogP contribution is 2.09. The second kappa shape index (κ2) is 5.84. The number of rotatable bonds is 4. The third kappa shape index (κ3) is 2.76. The number of halogens is 1. The van der Waals surface area contributed by atoms with E-state index in [1.54, 1.807) is 25.2 Å². The van der Waals surface area contributed by atoms with Crippen LogP contribution < -0.4 is 10.9 Å². The first-order valence-corrected chi connectivity index (χ1v) is 6.46. The molecule has 0 saturated carbocycles. The minimum atomic E-state index is -0.162. The predicted molar refractivity (Wildman–Crippen MR) is 74.2 cm³/mol. The van der Waals surface area contributed by atoms with Gasteiger partial charge in [0.1, 0.15) is 5.82 Å². The van der Waals surface area contributed by atoms with Gasteiger partial charge in [0, 0.05) is 20.0 Å². The van der Waals surface area contributed by atoms with Crippen LogP contribution in [0.2, 0.25) is 0 Å². The molecule has 0 aliphatic carbocycles. The smallest absolute Gasteiger partial charge is 0.261 e. The molecule has 6 heteroatoms. The van der Waals surface area contributed by atoms with Crippen LogP contribution >= 0.6 is 11.6 Å². The lowest BCUT2D eigenvalue weighted by Crippen LogP contribution is -2.28. The van der Waals surface area contributed by atoms with Gasteiger partial charge in [-0.05, 0) is 12.1 Å². The Bertz CT molecular complexity index is 666. The average Bonchev–Trinajstić information content (AvgIpc) is 2.45. The zero-order chi connectivity index (χ0) is 13.8. The van der Waals surface area contributed by atoms with Gasteiger partial charge in [-0.25, -0.2) is 4.98 Å². The van der Waals surface area contributed by atoms with E-state index in [-0.39, 0.29) is 30.3 Å². The number of hydrogen-bond acceptors (Lipinski definition) is 3. The van der Waals surface area contributed by atoms with Crippen LogP contribution in [0.15, 0.2) is 29.1 Å². The van der Waals surface area contributed by atoms with Gasteiger partial charge in [0.15, 0.2) is 0 Å². The first kappa shape index (κ1) is 13.5. The minimum absolute atomic E-state index is 0.124. The second-order valence-electron chi connectivity index (χ2n) is 4.06. The Labute approximate surface area is 115 Å². The molecule has 0 aliphatic heterocycles. The van der Waals surface area contributed by atoms with E-state index in [4.69, 9.17) is 11.6 Å². The molecule has 1 heterocycles. The Morgan fingerprint density at radius 1 is 1.42 bits per heavy atom. The van der Waals surface area contributed by atoms with E-state index in [0.717, 1.165) is 0 Å². The van der Waals surface area contributed by atoms with Crippen molar-refractivity contribution in [2.24, 2.45) is 0 Å². The van der Waals surface area contributed by atoms with Crippen LogP contribution in [-0.4, -0.2) is 22.5 Å². The third-order valence-electron chi connectivity index (χ3n) is 2.90. The number of para-hydroxylation sites is 1. The standard InChI is InChI=1S/C13H14ClN3O2/c1-15-12(18)6-7-17-11(8-14)16-10-5-3-2-4-9(10)13(17)19/h2-5H,6-8H2,1H3,(H,15,18). The van der Waals surface area contributed by atoms with Gasteiger partial charge in [-0.3, -0.25) is 14.2 Å². The fraction of sp³-hybridized carbons (Fsp3) is 0.308. The summed E-state index contributed by atoms with van der Waals surface area (Å²) in [6.45, 7) is 0.276. The fourth-order valence-electron chi connectivity index (χ4n) is 1.88. The number of hydrogen-bond donors (Lipinski definition) is 1. The zero-order valence-corrected chi connectivity index (χ0v) is 11.3. The van der Waals surface area contributed by atoms with Crippen molar-refractivity contribution in [1.82, 2.24) is 14.9 Å². The molecule has 1 amide bonds. The van der Waals surface area contributed by atoms with Crippen molar-refractivity contribution in [3.63, 3.8) is 0 Å². The van der Waals surface area contributed by atoms with Crippen LogP contribution in [-0.2, 0) is 17.2 Å². The number of alkyl halides is 1. The van der Waals surface area contributed by atoms with Crippen molar-refractivity contribution in [3.05, 3.63) is 40.4 Å². The fourth-order valence-corrected chi connectivity index (χ4v) is 2.09. The summed E-state index contributed by atoms with van der Waals surface area (Å²) < 4.78 is 1.46. The highest BCUT2D eigenvalue weighted by Gasteiger charge is 2.10. The molecule has 0 spiro atoms. The summed E-state index contributed by atoms with van der Waals surface area (Å²) >= 11 is 5.83. The van der Waals surface area contributed by atoms with Crippen LogP contribution in [0.3, 0.4) is 0 Å². The van der Waals surface area contributed by atoms with Gasteiger partial charge >= 0.3 is 0 Å². The molecule has 1 aromatic heterocycles. The van der Waals surface area contributed by atoms with Crippen LogP contribution in [0.25, 0.3) is 10.9 Å². The summed E-state index contributed by atoms with van der Waals surface area (Å²) in [4.78, 5) is 28.0. The van der Waals surface area contributed by atoms with Gasteiger partial charge in [0.05, 0.1) is 16.8 Å². The van der Waals surface area contributed by atoms with E-state index in [0.29, 0.717) is 16.7 Å². The van der Waals surface area contributed by atoms with Gasteiger partial charge in [0.2, 0.25) is 5.91 Å². The topological polar surface area (TPSA) is 64.0 Å². The van der Waals surface area contributed by atoms with Gasteiger partial charge < -0.3 is 5.32 Å². The monoisotopic (exact) mass is 279 g/mol. The lowest BCUT2D eigenvalue weighted by Gasteiger charge is -2.11. The SMILES string of the molecule is CNC(=O)CCn1c(CCl)nc2ccccc2c1=O. The lowest BCUT2D eigenvalue weighted by atomic mass is 10.2. The summed E-state index contributed by atoms with van der Waals surface area (Å²) in [5.74, 6) is 0.489. The molecule has 0 unspecified atom stereocenters. The van der Waals surface area contributed by atoms with Crippen LogP contribution in [0, 0.1) is 0 Å². The van der Waals surface area contributed by atoms with Crippen molar-refractivity contribution in [3.8, 4) is 0 Å². The number of nitrogens with zero attached hydrogens (tertiary/aromatic N) is 2. The maximum atomic E-state index is 12.3. The number of nitrogens with one attached hydrogen (secondary N) is 1. The summed E-state index contributed by atoms with van der Waals surface area (Å²) in [5.41, 5.74) is 0.462. The van der Waals surface area contributed by atoms with Crippen molar-refractivity contribution in [2.45, 2.75) is 18.8 Å². The Morgan fingerprint density at radius 3 is 2.84 bits per heavy atom. The Kier molecular flexibility index (Phi) is 4.16. The predicted octanol–water partition coefficient (Wildman–Crippen LogP) is 1.27. The average molecular weight is 280 g/mol. The van der Waals surface area contributed by atoms with Crippen molar-refractivity contribution in [2.75, 3.05) is 7.05 Å². The Balaban J connectivity index is 2.49. The minimum Gasteiger partial charge on any atom is -0.359 e. The molecule has 1 aromatic carbocycles. The molecular weight excluding hydrogens is 266 g/mol. The first-order chi connectivity index (χ1) is 9.17. The largest absolute Gasteiger partial charge is 0.359 e. The van der Waals surface area contributed by atoms with E-state index < -0.39 is 0 Å². The Morgan fingerprint density at radius 2 is 2.16 bits per heavy atom. The third-order valence-corrected chi connectivity index (χ3v) is 3.14. The van der Waals surface area contributed by atoms with Crippen molar-refractivity contribution in [1.29, 1.82) is 0 Å². The lowest BCUT2D eigenvalue weighted by molar-refractivity contribution is -0.120. The van der Waals surface area contributed by atoms with Crippen LogP contribution in [0.5, 0.6) is 0 Å². The molecular formula is C13H14ClN3O2. The summed E-state index contributed by atoms with van der Waals surface area (Å²) in [7, 11) is 1.56. The molecule has 19 heavy (non-hydrogen) atoms. The number of fused-ring (bicyclic) bond motifs is 1. The second-order valence-corrected chi connectivity index (χ2v) is 4.33. The highest BCUT2D eigenvalue weighted by atomic mass is 35.5. The molecule has 1 N–H and O–H groups in total. The van der Waals surface area contributed by atoms with Gasteiger partial charge in [0.25, 0.3) is 5.56 Å². The molecule has 5 nitrogen and oxygen atoms in total. The summed E-state index contributed by atoms with van der Waals surface area (Å²) in [5, 5.41) is 3.06. The molecule has 2 rings (SSSR count). The molecule has 100 valence electrons. The van der Waals surface area contributed by atoms with E-state index in [1.807, 2.05) is 6.07 Å². The molecule has 0 atom stereocenters. The van der Waals surface area contributed by atoms with Crippen LogP contribution in [0.4, 0.5) is 0 Å². The normalized spacial score (nSPS) is 10.6. The molecule has 0 radical (unpaired) electrons. The number of aromatic nitrogens is 2. The van der Waals surface area contributed by atoms with E-state index in [1.165, 1.54) is 4.57 Å². The number of amides is 1. The number of benzene rings is 1. The van der Waals surface area contributed by atoms with E-state index in [9.17, 15) is 9.59 Å². The van der Waals surface area contributed by atoms with Gasteiger partial charge in [-0.15, -0.1) is 11.6 Å². The van der Waals surface area contributed by atoms with Gasteiger partial charge in [-0.2, -0.15) is 0 Å². The highest BCUT2D eigenvalue weighted by molar-refractivity contribution is 6.16. The molecule has 0 bridgehead atoms. The van der Waals surface area contributed by atoms with Crippen molar-refractivity contribution >= 4 is 28.4 Å². The molecule has 0 fully saturated rings. The molecule has 2 aromatic rings. The van der Waals surface area contributed by atoms with E-state index in [2.05, 4.69) is 10.3 Å². The van der Waals surface area contributed by atoms with Crippen LogP contribution in [0.1, 0.15) is 12.2 Å². The maximum Gasteiger partial charge on any atom is 0.261 e. The maximum absolute atomic E-state index is 12.3. The summed E-state index contributed by atoms with van der Waals surface area (Å²) in [6, 6.07) is 7.10.